The number of hydrogen-bond donors (Lipinski definition) is 1. The van der Waals surface area contributed by atoms with Gasteiger partial charge in [0.1, 0.15) is 0 Å². The number of likely N-dealkylation sites (tertiary alicyclic amines) is 1. The topological polar surface area (TPSA) is 19.9 Å². The van der Waals surface area contributed by atoms with Gasteiger partial charge in [0.25, 0.3) is 0 Å². The highest BCUT2D eigenvalue weighted by atomic mass is 127. The zero-order valence-electron chi connectivity index (χ0n) is 9.63. The average Bonchev–Trinajstić information content (AvgIpc) is 2.31. The molecule has 2 rings (SSSR count). The molecule has 0 saturated carbocycles. The molecule has 0 aromatic carbocycles. The molecule has 0 aromatic rings. The molecular formula is C12H24IN2+. The van der Waals surface area contributed by atoms with Gasteiger partial charge in [-0.2, -0.15) is 0 Å². The summed E-state index contributed by atoms with van der Waals surface area (Å²) in [6.07, 6.45) is 5.79. The highest BCUT2D eigenvalue weighted by Crippen LogP contribution is 2.21. The average molecular weight is 323 g/mol. The van der Waals surface area contributed by atoms with E-state index in [4.69, 9.17) is 0 Å². The van der Waals surface area contributed by atoms with E-state index in [1.54, 1.807) is 0 Å². The number of hydrogen-bond acceptors (Lipinski definition) is 1. The predicted octanol–water partition coefficient (Wildman–Crippen LogP) is 1.11. The van der Waals surface area contributed by atoms with Crippen molar-refractivity contribution in [3.8, 4) is 0 Å². The lowest BCUT2D eigenvalue weighted by Crippen LogP contribution is -2.86. The molecule has 2 aliphatic heterocycles. The molecule has 3 heteroatoms. The SMILES string of the molecule is ICC1CCN(CC2CC[NH2+]CC2)CC1. The monoisotopic (exact) mass is 323 g/mol. The van der Waals surface area contributed by atoms with Crippen LogP contribution in [0.3, 0.4) is 0 Å². The fraction of sp³-hybridized carbons (Fsp3) is 1.00. The predicted molar refractivity (Wildman–Crippen MR) is 72.4 cm³/mol. The van der Waals surface area contributed by atoms with Crippen LogP contribution in [0.2, 0.25) is 0 Å². The number of nitrogens with two attached hydrogens (primary N) is 1. The minimum Gasteiger partial charge on any atom is -0.346 e. The molecule has 88 valence electrons. The molecule has 15 heavy (non-hydrogen) atoms. The van der Waals surface area contributed by atoms with Gasteiger partial charge in [0.05, 0.1) is 13.1 Å². The van der Waals surface area contributed by atoms with Gasteiger partial charge >= 0.3 is 0 Å². The molecule has 0 bridgehead atoms. The van der Waals surface area contributed by atoms with Crippen molar-refractivity contribution in [3.05, 3.63) is 0 Å². The van der Waals surface area contributed by atoms with Crippen LogP contribution in [0.5, 0.6) is 0 Å². The number of alkyl halides is 1. The molecule has 0 spiro atoms. The summed E-state index contributed by atoms with van der Waals surface area (Å²) in [6, 6.07) is 0. The minimum atomic E-state index is 1.01. The number of rotatable bonds is 3. The van der Waals surface area contributed by atoms with Gasteiger partial charge in [0, 0.05) is 23.8 Å². The molecule has 0 unspecified atom stereocenters. The van der Waals surface area contributed by atoms with Gasteiger partial charge in [-0.3, -0.25) is 0 Å². The Bertz CT molecular complexity index is 172. The first kappa shape index (κ1) is 12.1. The molecule has 0 atom stereocenters. The van der Waals surface area contributed by atoms with Crippen molar-refractivity contribution in [1.29, 1.82) is 0 Å². The van der Waals surface area contributed by atoms with Crippen molar-refractivity contribution in [1.82, 2.24) is 4.90 Å². The third-order valence-electron chi connectivity index (χ3n) is 4.00. The standard InChI is InChI=1S/C12H23IN2/c13-9-11-3-7-15(8-4-11)10-12-1-5-14-6-2-12/h11-12,14H,1-10H2/p+1. The van der Waals surface area contributed by atoms with Crippen molar-refractivity contribution in [3.63, 3.8) is 0 Å². The highest BCUT2D eigenvalue weighted by molar-refractivity contribution is 14.1. The maximum absolute atomic E-state index is 2.72. The van der Waals surface area contributed by atoms with Crippen LogP contribution in [0.1, 0.15) is 25.7 Å². The smallest absolute Gasteiger partial charge is 0.0758 e. The van der Waals surface area contributed by atoms with E-state index in [1.807, 2.05) is 0 Å². The molecule has 0 aliphatic carbocycles. The van der Waals surface area contributed by atoms with Crippen LogP contribution in [0.4, 0.5) is 0 Å². The summed E-state index contributed by atoms with van der Waals surface area (Å²) in [5.74, 6) is 2.02. The van der Waals surface area contributed by atoms with Crippen molar-refractivity contribution < 1.29 is 5.32 Å². The molecule has 2 N–H and O–H groups in total. The normalized spacial score (nSPS) is 27.0. The van der Waals surface area contributed by atoms with Crippen LogP contribution in [0, 0.1) is 11.8 Å². The first-order chi connectivity index (χ1) is 7.38. The van der Waals surface area contributed by atoms with Crippen molar-refractivity contribution in [2.24, 2.45) is 11.8 Å². The summed E-state index contributed by atoms with van der Waals surface area (Å²) >= 11 is 2.55. The second-order valence-electron chi connectivity index (χ2n) is 5.21. The Balaban J connectivity index is 1.67. The summed E-state index contributed by atoms with van der Waals surface area (Å²) in [5.41, 5.74) is 0. The fourth-order valence-corrected chi connectivity index (χ4v) is 3.75. The van der Waals surface area contributed by atoms with Gasteiger partial charge in [0.2, 0.25) is 0 Å². The first-order valence-corrected chi connectivity index (χ1v) is 8.01. The summed E-state index contributed by atoms with van der Waals surface area (Å²) in [5, 5.41) is 2.47. The Morgan fingerprint density at radius 1 is 1.00 bits per heavy atom. The maximum Gasteiger partial charge on any atom is 0.0758 e. The van der Waals surface area contributed by atoms with Crippen LogP contribution in [-0.4, -0.2) is 42.1 Å². The molecule has 2 fully saturated rings. The summed E-state index contributed by atoms with van der Waals surface area (Å²) in [6.45, 7) is 6.87. The van der Waals surface area contributed by atoms with Crippen molar-refractivity contribution in [2.45, 2.75) is 25.7 Å². The van der Waals surface area contributed by atoms with Crippen molar-refractivity contribution in [2.75, 3.05) is 37.2 Å². The zero-order valence-corrected chi connectivity index (χ0v) is 11.8. The Labute approximate surface area is 107 Å². The summed E-state index contributed by atoms with van der Waals surface area (Å²) in [7, 11) is 0. The van der Waals surface area contributed by atoms with E-state index in [1.165, 1.54) is 62.8 Å². The summed E-state index contributed by atoms with van der Waals surface area (Å²) < 4.78 is 1.37. The molecule has 0 aromatic heterocycles. The molecule has 2 saturated heterocycles. The Hall–Kier alpha value is 0.650. The third kappa shape index (κ3) is 3.86. The van der Waals surface area contributed by atoms with Crippen LogP contribution in [-0.2, 0) is 0 Å². The number of halogens is 1. The molecule has 2 aliphatic rings. The van der Waals surface area contributed by atoms with Gasteiger partial charge in [0.15, 0.2) is 0 Å². The van der Waals surface area contributed by atoms with Crippen LogP contribution in [0.25, 0.3) is 0 Å². The fourth-order valence-electron chi connectivity index (χ4n) is 2.87. The second-order valence-corrected chi connectivity index (χ2v) is 6.09. The third-order valence-corrected chi connectivity index (χ3v) is 5.25. The molecule has 2 nitrogen and oxygen atoms in total. The number of quaternary nitrogens is 1. The van der Waals surface area contributed by atoms with Gasteiger partial charge < -0.3 is 10.2 Å². The van der Waals surface area contributed by atoms with Crippen LogP contribution >= 0.6 is 22.6 Å². The van der Waals surface area contributed by atoms with E-state index in [9.17, 15) is 0 Å². The lowest BCUT2D eigenvalue weighted by atomic mass is 9.94. The van der Waals surface area contributed by atoms with Crippen LogP contribution in [0.15, 0.2) is 0 Å². The Morgan fingerprint density at radius 2 is 1.67 bits per heavy atom. The molecular weight excluding hydrogens is 299 g/mol. The number of nitrogens with zero attached hydrogens (tertiary/aromatic N) is 1. The molecule has 0 amide bonds. The van der Waals surface area contributed by atoms with Crippen molar-refractivity contribution >= 4 is 22.6 Å². The van der Waals surface area contributed by atoms with E-state index in [0.717, 1.165) is 11.8 Å². The van der Waals surface area contributed by atoms with Gasteiger partial charge in [-0.25, -0.2) is 0 Å². The van der Waals surface area contributed by atoms with E-state index in [-0.39, 0.29) is 0 Å². The Kier molecular flexibility index (Phi) is 5.17. The second kappa shape index (κ2) is 6.40. The highest BCUT2D eigenvalue weighted by Gasteiger charge is 2.22. The summed E-state index contributed by atoms with van der Waals surface area (Å²) in [4.78, 5) is 2.72. The van der Waals surface area contributed by atoms with E-state index >= 15 is 0 Å². The van der Waals surface area contributed by atoms with Gasteiger partial charge in [-0.15, -0.1) is 0 Å². The number of piperidine rings is 2. The lowest BCUT2D eigenvalue weighted by molar-refractivity contribution is -0.664. The molecule has 0 radical (unpaired) electrons. The first-order valence-electron chi connectivity index (χ1n) is 6.48. The largest absolute Gasteiger partial charge is 0.346 e. The lowest BCUT2D eigenvalue weighted by Gasteiger charge is -2.34. The maximum atomic E-state index is 2.72. The van der Waals surface area contributed by atoms with Gasteiger partial charge in [-0.1, -0.05) is 22.6 Å². The zero-order chi connectivity index (χ0) is 10.5. The van der Waals surface area contributed by atoms with E-state index < -0.39 is 0 Å². The molecule has 2 heterocycles. The van der Waals surface area contributed by atoms with Gasteiger partial charge in [-0.05, 0) is 37.8 Å². The van der Waals surface area contributed by atoms with Crippen LogP contribution < -0.4 is 5.32 Å². The minimum absolute atomic E-state index is 1.01. The van der Waals surface area contributed by atoms with E-state index in [0.29, 0.717) is 0 Å². The Morgan fingerprint density at radius 3 is 2.27 bits per heavy atom. The van der Waals surface area contributed by atoms with E-state index in [2.05, 4.69) is 32.8 Å². The quantitative estimate of drug-likeness (QED) is 0.609.